The SMILES string of the molecule is CC1(C)CCC(NC(=O)Nc2cnns2)c2ccccc21. The second kappa shape index (κ2) is 5.44. The molecule has 0 spiro atoms. The average Bonchev–Trinajstić information content (AvgIpc) is 2.95. The maximum absolute atomic E-state index is 12.1. The van der Waals surface area contributed by atoms with Crippen molar-refractivity contribution >= 4 is 22.6 Å². The third kappa shape index (κ3) is 2.90. The highest BCUT2D eigenvalue weighted by Crippen LogP contribution is 2.41. The van der Waals surface area contributed by atoms with Crippen molar-refractivity contribution in [2.45, 2.75) is 38.1 Å². The van der Waals surface area contributed by atoms with Gasteiger partial charge in [-0.3, -0.25) is 5.32 Å². The summed E-state index contributed by atoms with van der Waals surface area (Å²) in [4.78, 5) is 12.1. The van der Waals surface area contributed by atoms with Crippen molar-refractivity contribution in [2.24, 2.45) is 0 Å². The van der Waals surface area contributed by atoms with E-state index < -0.39 is 0 Å². The topological polar surface area (TPSA) is 66.9 Å². The molecule has 2 aromatic rings. The first-order valence-electron chi connectivity index (χ1n) is 7.00. The molecular weight excluding hydrogens is 284 g/mol. The van der Waals surface area contributed by atoms with E-state index in [0.717, 1.165) is 12.8 Å². The number of anilines is 1. The van der Waals surface area contributed by atoms with Gasteiger partial charge in [-0.1, -0.05) is 42.6 Å². The Bertz CT molecular complexity index is 639. The van der Waals surface area contributed by atoms with E-state index in [1.165, 1.54) is 22.7 Å². The lowest BCUT2D eigenvalue weighted by Gasteiger charge is -2.37. The van der Waals surface area contributed by atoms with Gasteiger partial charge >= 0.3 is 6.03 Å². The van der Waals surface area contributed by atoms with Gasteiger partial charge in [-0.15, -0.1) is 5.10 Å². The number of fused-ring (bicyclic) bond motifs is 1. The lowest BCUT2D eigenvalue weighted by atomic mass is 9.71. The highest BCUT2D eigenvalue weighted by atomic mass is 32.1. The van der Waals surface area contributed by atoms with Crippen LogP contribution in [0.25, 0.3) is 0 Å². The van der Waals surface area contributed by atoms with E-state index in [2.05, 4.69) is 52.3 Å². The zero-order chi connectivity index (χ0) is 14.9. The number of hydrogen-bond acceptors (Lipinski definition) is 4. The Kier molecular flexibility index (Phi) is 3.63. The van der Waals surface area contributed by atoms with Crippen molar-refractivity contribution in [1.82, 2.24) is 14.9 Å². The van der Waals surface area contributed by atoms with Gasteiger partial charge in [-0.05, 0) is 29.4 Å². The summed E-state index contributed by atoms with van der Waals surface area (Å²) in [5, 5.41) is 10.2. The van der Waals surface area contributed by atoms with Crippen molar-refractivity contribution in [3.05, 3.63) is 41.6 Å². The van der Waals surface area contributed by atoms with Crippen LogP contribution in [0.5, 0.6) is 0 Å². The number of benzene rings is 1. The molecule has 0 radical (unpaired) electrons. The molecule has 0 bridgehead atoms. The molecule has 21 heavy (non-hydrogen) atoms. The van der Waals surface area contributed by atoms with E-state index in [1.54, 1.807) is 6.20 Å². The molecule has 1 aromatic heterocycles. The molecule has 1 aliphatic carbocycles. The lowest BCUT2D eigenvalue weighted by Crippen LogP contribution is -2.37. The van der Waals surface area contributed by atoms with Crippen LogP contribution < -0.4 is 10.6 Å². The standard InChI is InChI=1S/C15H18N4OS/c1-15(2)8-7-12(10-5-3-4-6-11(10)15)17-14(20)18-13-9-16-19-21-13/h3-6,9,12H,7-8H2,1-2H3,(H2,17,18,20). The minimum atomic E-state index is -0.208. The first-order chi connectivity index (χ1) is 10.1. The third-order valence-corrected chi connectivity index (χ3v) is 4.61. The highest BCUT2D eigenvalue weighted by molar-refractivity contribution is 7.10. The molecule has 3 rings (SSSR count). The molecular formula is C15H18N4OS. The predicted molar refractivity (Wildman–Crippen MR) is 83.5 cm³/mol. The van der Waals surface area contributed by atoms with Crippen molar-refractivity contribution in [2.75, 3.05) is 5.32 Å². The molecule has 2 N–H and O–H groups in total. The normalized spacial score (nSPS) is 19.6. The Morgan fingerprint density at radius 2 is 2.19 bits per heavy atom. The van der Waals surface area contributed by atoms with E-state index >= 15 is 0 Å². The number of rotatable bonds is 2. The van der Waals surface area contributed by atoms with E-state index in [4.69, 9.17) is 0 Å². The number of nitrogens with one attached hydrogen (secondary N) is 2. The smallest absolute Gasteiger partial charge is 0.320 e. The third-order valence-electron chi connectivity index (χ3n) is 4.03. The molecule has 0 saturated heterocycles. The van der Waals surface area contributed by atoms with Crippen LogP contribution in [0.15, 0.2) is 30.5 Å². The quantitative estimate of drug-likeness (QED) is 0.892. The minimum Gasteiger partial charge on any atom is -0.331 e. The maximum Gasteiger partial charge on any atom is 0.320 e. The van der Waals surface area contributed by atoms with E-state index in [1.807, 2.05) is 6.07 Å². The van der Waals surface area contributed by atoms with Crippen LogP contribution >= 0.6 is 11.5 Å². The summed E-state index contributed by atoms with van der Waals surface area (Å²) < 4.78 is 3.73. The van der Waals surface area contributed by atoms with Crippen LogP contribution in [0.4, 0.5) is 9.80 Å². The molecule has 1 heterocycles. The number of hydrogen-bond donors (Lipinski definition) is 2. The van der Waals surface area contributed by atoms with E-state index in [-0.39, 0.29) is 17.5 Å². The Morgan fingerprint density at radius 3 is 2.95 bits per heavy atom. The molecule has 2 amide bonds. The Labute approximate surface area is 127 Å². The fourth-order valence-electron chi connectivity index (χ4n) is 2.89. The summed E-state index contributed by atoms with van der Waals surface area (Å²) in [7, 11) is 0. The molecule has 1 aromatic carbocycles. The molecule has 1 atom stereocenters. The Balaban J connectivity index is 1.76. The van der Waals surface area contributed by atoms with Gasteiger partial charge < -0.3 is 5.32 Å². The molecule has 1 aliphatic rings. The molecule has 6 heteroatoms. The van der Waals surface area contributed by atoms with Crippen LogP contribution in [0.2, 0.25) is 0 Å². The predicted octanol–water partition coefficient (Wildman–Crippen LogP) is 3.47. The number of carbonyl (C=O) groups excluding carboxylic acids is 1. The Morgan fingerprint density at radius 1 is 1.38 bits per heavy atom. The highest BCUT2D eigenvalue weighted by Gasteiger charge is 2.32. The molecule has 0 saturated carbocycles. The van der Waals surface area contributed by atoms with Crippen LogP contribution in [0.3, 0.4) is 0 Å². The first kappa shape index (κ1) is 14.0. The molecule has 0 aliphatic heterocycles. The summed E-state index contributed by atoms with van der Waals surface area (Å²) in [6.07, 6.45) is 3.54. The van der Waals surface area contributed by atoms with Crippen LogP contribution in [-0.2, 0) is 5.41 Å². The second-order valence-corrected chi connectivity index (χ2v) is 6.73. The number of aromatic nitrogens is 2. The zero-order valence-electron chi connectivity index (χ0n) is 12.1. The monoisotopic (exact) mass is 302 g/mol. The van der Waals surface area contributed by atoms with Crippen molar-refractivity contribution in [3.8, 4) is 0 Å². The summed E-state index contributed by atoms with van der Waals surface area (Å²) in [6, 6.07) is 8.20. The lowest BCUT2D eigenvalue weighted by molar-refractivity contribution is 0.245. The molecule has 1 unspecified atom stereocenters. The first-order valence-corrected chi connectivity index (χ1v) is 7.78. The van der Waals surface area contributed by atoms with E-state index in [0.29, 0.717) is 5.00 Å². The fraction of sp³-hybridized carbons (Fsp3) is 0.400. The summed E-state index contributed by atoms with van der Waals surface area (Å²) in [5.41, 5.74) is 2.69. The largest absolute Gasteiger partial charge is 0.331 e. The van der Waals surface area contributed by atoms with Gasteiger partial charge in [0.15, 0.2) is 0 Å². The van der Waals surface area contributed by atoms with Gasteiger partial charge in [-0.25, -0.2) is 4.79 Å². The zero-order valence-corrected chi connectivity index (χ0v) is 12.9. The van der Waals surface area contributed by atoms with Gasteiger partial charge in [0.1, 0.15) is 5.00 Å². The summed E-state index contributed by atoms with van der Waals surface area (Å²) >= 11 is 1.17. The van der Waals surface area contributed by atoms with Crippen molar-refractivity contribution < 1.29 is 4.79 Å². The van der Waals surface area contributed by atoms with Crippen LogP contribution in [0, 0.1) is 0 Å². The fourth-order valence-corrected chi connectivity index (χ4v) is 3.31. The van der Waals surface area contributed by atoms with Gasteiger partial charge in [0.2, 0.25) is 0 Å². The van der Waals surface area contributed by atoms with Crippen molar-refractivity contribution in [1.29, 1.82) is 0 Å². The number of nitrogens with zero attached hydrogens (tertiary/aromatic N) is 2. The average molecular weight is 302 g/mol. The van der Waals surface area contributed by atoms with Gasteiger partial charge in [0.05, 0.1) is 12.2 Å². The van der Waals surface area contributed by atoms with Crippen LogP contribution in [0.1, 0.15) is 43.9 Å². The summed E-state index contributed by atoms with van der Waals surface area (Å²) in [5.74, 6) is 0. The van der Waals surface area contributed by atoms with Gasteiger partial charge in [0, 0.05) is 11.5 Å². The number of urea groups is 1. The van der Waals surface area contributed by atoms with Gasteiger partial charge in [-0.2, -0.15) is 0 Å². The number of carbonyl (C=O) groups is 1. The minimum absolute atomic E-state index is 0.0510. The number of amides is 2. The van der Waals surface area contributed by atoms with Crippen LogP contribution in [-0.4, -0.2) is 15.6 Å². The Hall–Kier alpha value is -1.95. The summed E-state index contributed by atoms with van der Waals surface area (Å²) in [6.45, 7) is 4.51. The van der Waals surface area contributed by atoms with E-state index in [9.17, 15) is 4.79 Å². The second-order valence-electron chi connectivity index (χ2n) is 5.94. The van der Waals surface area contributed by atoms with Crippen molar-refractivity contribution in [3.63, 3.8) is 0 Å². The van der Waals surface area contributed by atoms with Gasteiger partial charge in [0.25, 0.3) is 0 Å². The maximum atomic E-state index is 12.1. The molecule has 0 fully saturated rings. The molecule has 5 nitrogen and oxygen atoms in total. The molecule has 110 valence electrons.